The van der Waals surface area contributed by atoms with Crippen LogP contribution in [0.25, 0.3) is 0 Å². The lowest BCUT2D eigenvalue weighted by molar-refractivity contribution is 0.0643. The average Bonchev–Trinajstić information content (AvgIpc) is 3.09. The number of amides is 1. The summed E-state index contributed by atoms with van der Waals surface area (Å²) in [5, 5.41) is 9.22. The predicted octanol–water partition coefficient (Wildman–Crippen LogP) is 2.61. The summed E-state index contributed by atoms with van der Waals surface area (Å²) in [6, 6.07) is 2.44. The van der Waals surface area contributed by atoms with Crippen LogP contribution >= 0.6 is 11.3 Å². The summed E-state index contributed by atoms with van der Waals surface area (Å²) in [6.07, 6.45) is 8.10. The van der Waals surface area contributed by atoms with Gasteiger partial charge in [-0.3, -0.25) is 4.79 Å². The maximum atomic E-state index is 12.7. The zero-order chi connectivity index (χ0) is 13.2. The molecule has 19 heavy (non-hydrogen) atoms. The molecule has 1 amide bonds. The van der Waals surface area contributed by atoms with Crippen molar-refractivity contribution < 1.29 is 9.90 Å². The predicted molar refractivity (Wildman–Crippen MR) is 76.7 cm³/mol. The number of hydrogen-bond acceptors (Lipinski definition) is 3. The smallest absolute Gasteiger partial charge is 0.264 e. The highest BCUT2D eigenvalue weighted by molar-refractivity contribution is 7.14. The van der Waals surface area contributed by atoms with Crippen LogP contribution in [0.3, 0.4) is 0 Å². The number of hydrogen-bond donors (Lipinski definition) is 1. The fourth-order valence-corrected chi connectivity index (χ4v) is 4.56. The lowest BCUT2D eigenvalue weighted by Crippen LogP contribution is -2.40. The third-order valence-electron chi connectivity index (χ3n) is 4.32. The Morgan fingerprint density at radius 1 is 1.32 bits per heavy atom. The summed E-state index contributed by atoms with van der Waals surface area (Å²) in [5.74, 6) is 0.139. The monoisotopic (exact) mass is 279 g/mol. The highest BCUT2D eigenvalue weighted by Gasteiger charge is 2.29. The van der Waals surface area contributed by atoms with Crippen molar-refractivity contribution in [1.82, 2.24) is 4.90 Å². The van der Waals surface area contributed by atoms with Crippen molar-refractivity contribution in [3.63, 3.8) is 0 Å². The van der Waals surface area contributed by atoms with Gasteiger partial charge in [-0.05, 0) is 43.7 Å². The molecule has 2 aliphatic carbocycles. The third-order valence-corrected chi connectivity index (χ3v) is 5.55. The minimum atomic E-state index is 0.0628. The molecule has 0 unspecified atom stereocenters. The molecule has 3 rings (SSSR count). The first-order valence-corrected chi connectivity index (χ1v) is 8.14. The van der Waals surface area contributed by atoms with Crippen molar-refractivity contribution in [2.24, 2.45) is 0 Å². The molecule has 0 radical (unpaired) electrons. The minimum absolute atomic E-state index is 0.0628. The summed E-state index contributed by atoms with van der Waals surface area (Å²) >= 11 is 1.67. The number of nitrogens with zero attached hydrogens (tertiary/aromatic N) is 1. The Kier molecular flexibility index (Phi) is 3.89. The van der Waals surface area contributed by atoms with Crippen molar-refractivity contribution in [3.8, 4) is 0 Å². The molecule has 4 heteroatoms. The summed E-state index contributed by atoms with van der Waals surface area (Å²) in [7, 11) is 0. The Morgan fingerprint density at radius 2 is 2.11 bits per heavy atom. The molecule has 1 aromatic heterocycles. The molecule has 0 aliphatic heterocycles. The van der Waals surface area contributed by atoms with Crippen LogP contribution in [0.4, 0.5) is 0 Å². The first-order chi connectivity index (χ1) is 9.29. The van der Waals surface area contributed by atoms with Gasteiger partial charge in [0.25, 0.3) is 5.91 Å². The van der Waals surface area contributed by atoms with Crippen LogP contribution in [-0.2, 0) is 12.8 Å². The average molecular weight is 279 g/mol. The topological polar surface area (TPSA) is 40.5 Å². The van der Waals surface area contributed by atoms with Crippen LogP contribution in [0.15, 0.2) is 6.07 Å². The number of aliphatic hydroxyl groups is 1. The molecular formula is C15H21NO2S. The van der Waals surface area contributed by atoms with Gasteiger partial charge in [0.05, 0.1) is 11.5 Å². The van der Waals surface area contributed by atoms with E-state index in [-0.39, 0.29) is 12.5 Å². The fraction of sp³-hybridized carbons (Fsp3) is 0.667. The van der Waals surface area contributed by atoms with Crippen molar-refractivity contribution in [2.45, 2.75) is 51.0 Å². The van der Waals surface area contributed by atoms with Gasteiger partial charge >= 0.3 is 0 Å². The van der Waals surface area contributed by atoms with Gasteiger partial charge in [-0.15, -0.1) is 11.3 Å². The van der Waals surface area contributed by atoms with Gasteiger partial charge in [-0.25, -0.2) is 0 Å². The second-order valence-corrected chi connectivity index (χ2v) is 6.71. The molecule has 0 aromatic carbocycles. The molecule has 1 heterocycles. The standard InChI is InChI=1S/C15H21NO2S/c17-9-8-16(12-5-1-2-6-12)15(18)14-10-11-4-3-7-13(11)19-14/h10,12,17H,1-9H2. The fourth-order valence-electron chi connectivity index (χ4n) is 3.35. The van der Waals surface area contributed by atoms with Crippen molar-refractivity contribution in [3.05, 3.63) is 21.4 Å². The van der Waals surface area contributed by atoms with Crippen LogP contribution in [0.1, 0.15) is 52.2 Å². The molecule has 0 atom stereocenters. The van der Waals surface area contributed by atoms with E-state index in [1.807, 2.05) is 4.90 Å². The first kappa shape index (κ1) is 13.1. The second-order valence-electron chi connectivity index (χ2n) is 5.57. The number of carbonyl (C=O) groups is 1. The van der Waals surface area contributed by atoms with Gasteiger partial charge in [-0.2, -0.15) is 0 Å². The number of thiophene rings is 1. The maximum absolute atomic E-state index is 12.7. The van der Waals surface area contributed by atoms with E-state index in [2.05, 4.69) is 6.07 Å². The van der Waals surface area contributed by atoms with E-state index < -0.39 is 0 Å². The Bertz CT molecular complexity index is 441. The van der Waals surface area contributed by atoms with Crippen molar-refractivity contribution in [2.75, 3.05) is 13.2 Å². The molecule has 0 bridgehead atoms. The van der Waals surface area contributed by atoms with Crippen molar-refractivity contribution in [1.29, 1.82) is 0 Å². The minimum Gasteiger partial charge on any atom is -0.395 e. The van der Waals surface area contributed by atoms with E-state index in [0.717, 1.165) is 30.6 Å². The Balaban J connectivity index is 1.78. The number of aryl methyl sites for hydroxylation is 2. The quantitative estimate of drug-likeness (QED) is 0.920. The Labute approximate surface area is 118 Å². The third kappa shape index (κ3) is 2.56. The summed E-state index contributed by atoms with van der Waals surface area (Å²) in [6.45, 7) is 0.541. The van der Waals surface area contributed by atoms with Crippen LogP contribution in [0.5, 0.6) is 0 Å². The molecule has 1 N–H and O–H groups in total. The molecule has 1 fully saturated rings. The van der Waals surface area contributed by atoms with Crippen LogP contribution < -0.4 is 0 Å². The van der Waals surface area contributed by atoms with Crippen molar-refractivity contribution >= 4 is 17.2 Å². The van der Waals surface area contributed by atoms with E-state index in [0.29, 0.717) is 12.6 Å². The van der Waals surface area contributed by atoms with Crippen LogP contribution in [0.2, 0.25) is 0 Å². The number of carbonyl (C=O) groups excluding carboxylic acids is 1. The van der Waals surface area contributed by atoms with Gasteiger partial charge in [0.1, 0.15) is 0 Å². The van der Waals surface area contributed by atoms with Gasteiger partial charge in [0, 0.05) is 17.5 Å². The lowest BCUT2D eigenvalue weighted by atomic mass is 10.2. The zero-order valence-corrected chi connectivity index (χ0v) is 12.0. The molecule has 3 nitrogen and oxygen atoms in total. The normalized spacial score (nSPS) is 18.8. The van der Waals surface area contributed by atoms with Gasteiger partial charge in [0.15, 0.2) is 0 Å². The van der Waals surface area contributed by atoms with Gasteiger partial charge in [0.2, 0.25) is 0 Å². The molecule has 0 saturated heterocycles. The van der Waals surface area contributed by atoms with Gasteiger partial charge < -0.3 is 10.0 Å². The molecule has 1 aromatic rings. The number of fused-ring (bicyclic) bond motifs is 1. The maximum Gasteiger partial charge on any atom is 0.264 e. The van der Waals surface area contributed by atoms with Crippen LogP contribution in [-0.4, -0.2) is 35.1 Å². The largest absolute Gasteiger partial charge is 0.395 e. The molecule has 0 spiro atoms. The van der Waals surface area contributed by atoms with Gasteiger partial charge in [-0.1, -0.05) is 12.8 Å². The first-order valence-electron chi connectivity index (χ1n) is 7.33. The molecule has 1 saturated carbocycles. The van der Waals surface area contributed by atoms with E-state index >= 15 is 0 Å². The number of rotatable bonds is 4. The highest BCUT2D eigenvalue weighted by atomic mass is 32.1. The lowest BCUT2D eigenvalue weighted by Gasteiger charge is -2.27. The van der Waals surface area contributed by atoms with E-state index in [1.54, 1.807) is 11.3 Å². The molecular weight excluding hydrogens is 258 g/mol. The Hall–Kier alpha value is -0.870. The highest BCUT2D eigenvalue weighted by Crippen LogP contribution is 2.32. The van der Waals surface area contributed by atoms with E-state index in [4.69, 9.17) is 0 Å². The molecule has 104 valence electrons. The Morgan fingerprint density at radius 3 is 2.79 bits per heavy atom. The zero-order valence-electron chi connectivity index (χ0n) is 11.2. The summed E-state index contributed by atoms with van der Waals surface area (Å²) < 4.78 is 0. The number of aliphatic hydroxyl groups excluding tert-OH is 1. The SMILES string of the molecule is O=C(c1cc2c(s1)CCC2)N(CCO)C1CCCC1. The summed E-state index contributed by atoms with van der Waals surface area (Å²) in [5.41, 5.74) is 1.38. The van der Waals surface area contributed by atoms with E-state index in [1.165, 1.54) is 29.7 Å². The van der Waals surface area contributed by atoms with E-state index in [9.17, 15) is 9.90 Å². The molecule has 2 aliphatic rings. The second kappa shape index (κ2) is 5.63. The van der Waals surface area contributed by atoms with Crippen LogP contribution in [0, 0.1) is 0 Å². The summed E-state index contributed by atoms with van der Waals surface area (Å²) in [4.78, 5) is 16.8.